The monoisotopic (exact) mass is 439 g/mol. The first-order valence-corrected chi connectivity index (χ1v) is 11.2. The third kappa shape index (κ3) is 6.01. The summed E-state index contributed by atoms with van der Waals surface area (Å²) in [6.07, 6.45) is 1.04. The number of hydrogen-bond acceptors (Lipinski definition) is 5. The molecule has 2 aromatic rings. The highest BCUT2D eigenvalue weighted by Gasteiger charge is 2.31. The van der Waals surface area contributed by atoms with Gasteiger partial charge < -0.3 is 15.0 Å². The maximum atomic E-state index is 12.7. The predicted molar refractivity (Wildman–Crippen MR) is 118 cm³/mol. The number of carbonyl (C=O) groups excluding carboxylic acids is 1. The van der Waals surface area contributed by atoms with Crippen molar-refractivity contribution in [1.82, 2.24) is 5.32 Å². The summed E-state index contributed by atoms with van der Waals surface area (Å²) in [4.78, 5) is 14.7. The van der Waals surface area contributed by atoms with Crippen molar-refractivity contribution in [1.29, 1.82) is 0 Å². The lowest BCUT2D eigenvalue weighted by molar-refractivity contribution is -0.121. The minimum Gasteiger partial charge on any atom is -0.495 e. The molecule has 2 aromatic carbocycles. The van der Waals surface area contributed by atoms with E-state index in [0.29, 0.717) is 23.9 Å². The number of amides is 1. The highest BCUT2D eigenvalue weighted by molar-refractivity contribution is 7.92. The first kappa shape index (κ1) is 22.8. The van der Waals surface area contributed by atoms with Gasteiger partial charge in [-0.3, -0.25) is 9.10 Å². The number of hydrogen-bond donors (Lipinski definition) is 1. The van der Waals surface area contributed by atoms with E-state index in [4.69, 9.17) is 16.3 Å². The number of sulfonamides is 1. The molecule has 2 rings (SSSR count). The number of para-hydroxylation sites is 1. The molecule has 0 saturated heterocycles. The van der Waals surface area contributed by atoms with E-state index >= 15 is 0 Å². The lowest BCUT2D eigenvalue weighted by Gasteiger charge is -2.29. The number of carbonyl (C=O) groups is 1. The van der Waals surface area contributed by atoms with Crippen molar-refractivity contribution in [3.05, 3.63) is 53.6 Å². The number of nitrogens with zero attached hydrogens (tertiary/aromatic N) is 2. The molecule has 1 amide bonds. The van der Waals surface area contributed by atoms with Crippen molar-refractivity contribution < 1.29 is 17.9 Å². The SMILES string of the molecule is COc1ccc(Cl)cc1N([C@@H](C)C(=O)NCCN(C)c1ccccc1)S(C)(=O)=O. The van der Waals surface area contributed by atoms with Crippen molar-refractivity contribution in [2.75, 3.05) is 42.7 Å². The Balaban J connectivity index is 2.13. The van der Waals surface area contributed by atoms with Gasteiger partial charge in [-0.1, -0.05) is 29.8 Å². The van der Waals surface area contributed by atoms with Crippen LogP contribution < -0.4 is 19.3 Å². The Bertz CT molecular complexity index is 938. The second-order valence-corrected chi connectivity index (χ2v) is 8.89. The average molecular weight is 440 g/mol. The van der Waals surface area contributed by atoms with E-state index in [-0.39, 0.29) is 5.69 Å². The first-order valence-electron chi connectivity index (χ1n) is 9.02. The van der Waals surface area contributed by atoms with Crippen LogP contribution in [0.3, 0.4) is 0 Å². The van der Waals surface area contributed by atoms with Gasteiger partial charge in [0.2, 0.25) is 15.9 Å². The van der Waals surface area contributed by atoms with Crippen LogP contribution in [-0.4, -0.2) is 53.9 Å². The number of methoxy groups -OCH3 is 1. The lowest BCUT2D eigenvalue weighted by Crippen LogP contribution is -2.49. The quantitative estimate of drug-likeness (QED) is 0.650. The molecule has 9 heteroatoms. The van der Waals surface area contributed by atoms with E-state index in [1.165, 1.54) is 20.1 Å². The molecule has 0 saturated carbocycles. The fourth-order valence-electron chi connectivity index (χ4n) is 2.92. The summed E-state index contributed by atoms with van der Waals surface area (Å²) in [6.45, 7) is 2.46. The van der Waals surface area contributed by atoms with Gasteiger partial charge in [-0.2, -0.15) is 0 Å². The molecule has 0 unspecified atom stereocenters. The fourth-order valence-corrected chi connectivity index (χ4v) is 4.26. The number of halogens is 1. The van der Waals surface area contributed by atoms with Gasteiger partial charge in [0.25, 0.3) is 0 Å². The molecule has 0 aliphatic carbocycles. The van der Waals surface area contributed by atoms with Crippen LogP contribution in [0.4, 0.5) is 11.4 Å². The molecule has 0 bridgehead atoms. The second-order valence-electron chi connectivity index (χ2n) is 6.60. The zero-order chi connectivity index (χ0) is 21.6. The van der Waals surface area contributed by atoms with E-state index in [9.17, 15) is 13.2 Å². The Morgan fingerprint density at radius 3 is 2.45 bits per heavy atom. The number of rotatable bonds is 9. The van der Waals surface area contributed by atoms with E-state index in [1.54, 1.807) is 12.1 Å². The number of nitrogens with one attached hydrogen (secondary N) is 1. The van der Waals surface area contributed by atoms with Gasteiger partial charge in [0.05, 0.1) is 19.1 Å². The lowest BCUT2D eigenvalue weighted by atomic mass is 10.2. The minimum absolute atomic E-state index is 0.214. The number of ether oxygens (including phenoxy) is 1. The highest BCUT2D eigenvalue weighted by Crippen LogP contribution is 2.34. The van der Waals surface area contributed by atoms with Gasteiger partial charge in [-0.15, -0.1) is 0 Å². The Hall–Kier alpha value is -2.45. The summed E-state index contributed by atoms with van der Waals surface area (Å²) in [6, 6.07) is 13.4. The Labute approximate surface area is 177 Å². The molecule has 0 aliphatic rings. The van der Waals surface area contributed by atoms with Gasteiger partial charge >= 0.3 is 0 Å². The molecule has 158 valence electrons. The molecule has 1 N–H and O–H groups in total. The van der Waals surface area contributed by atoms with Crippen LogP contribution in [0.5, 0.6) is 5.75 Å². The van der Waals surface area contributed by atoms with Crippen LogP contribution >= 0.6 is 11.6 Å². The molecule has 0 aliphatic heterocycles. The smallest absolute Gasteiger partial charge is 0.243 e. The van der Waals surface area contributed by atoms with Crippen molar-refractivity contribution in [3.8, 4) is 5.75 Å². The van der Waals surface area contributed by atoms with Gasteiger partial charge in [0.15, 0.2) is 0 Å². The minimum atomic E-state index is -3.77. The van der Waals surface area contributed by atoms with Gasteiger partial charge in [-0.05, 0) is 37.3 Å². The summed E-state index contributed by atoms with van der Waals surface area (Å²) in [5, 5.41) is 3.14. The first-order chi connectivity index (χ1) is 13.6. The second kappa shape index (κ2) is 9.84. The molecule has 0 fully saturated rings. The van der Waals surface area contributed by atoms with Gasteiger partial charge in [0.1, 0.15) is 11.8 Å². The Kier molecular flexibility index (Phi) is 7.75. The molecule has 0 heterocycles. The molecule has 0 spiro atoms. The Morgan fingerprint density at radius 1 is 1.21 bits per heavy atom. The third-order valence-corrected chi connectivity index (χ3v) is 5.87. The van der Waals surface area contributed by atoms with Crippen LogP contribution in [0, 0.1) is 0 Å². The normalized spacial score (nSPS) is 12.2. The zero-order valence-electron chi connectivity index (χ0n) is 16.9. The largest absolute Gasteiger partial charge is 0.495 e. The summed E-state index contributed by atoms with van der Waals surface area (Å²) in [7, 11) is -0.423. The fraction of sp³-hybridized carbons (Fsp3) is 0.350. The average Bonchev–Trinajstić information content (AvgIpc) is 2.67. The molecule has 1 atom stereocenters. The standard InChI is InChI=1S/C20H26ClN3O4S/c1-15(20(25)22-12-13-23(2)17-8-6-5-7-9-17)24(29(4,26)27)18-14-16(21)10-11-19(18)28-3/h5-11,14-15H,12-13H2,1-4H3,(H,22,25)/t15-/m0/s1. The van der Waals surface area contributed by atoms with Crippen LogP contribution in [0.2, 0.25) is 5.02 Å². The van der Waals surface area contributed by atoms with Gasteiger partial charge in [-0.25, -0.2) is 8.42 Å². The molecule has 0 aromatic heterocycles. The van der Waals surface area contributed by atoms with Crippen molar-refractivity contribution in [3.63, 3.8) is 0 Å². The van der Waals surface area contributed by atoms with E-state index in [0.717, 1.165) is 16.2 Å². The molecular weight excluding hydrogens is 414 g/mol. The number of likely N-dealkylation sites (N-methyl/N-ethyl adjacent to an activating group) is 1. The summed E-state index contributed by atoms with van der Waals surface area (Å²) in [5.74, 6) is -0.109. The molecular formula is C20H26ClN3O4S. The third-order valence-electron chi connectivity index (χ3n) is 4.41. The number of benzene rings is 2. The Morgan fingerprint density at radius 2 is 1.86 bits per heavy atom. The van der Waals surface area contributed by atoms with Crippen molar-refractivity contribution in [2.24, 2.45) is 0 Å². The summed E-state index contributed by atoms with van der Waals surface area (Å²) < 4.78 is 31.2. The van der Waals surface area contributed by atoms with E-state index in [1.807, 2.05) is 42.3 Å². The maximum Gasteiger partial charge on any atom is 0.243 e. The van der Waals surface area contributed by atoms with Gasteiger partial charge in [0, 0.05) is 30.8 Å². The molecule has 0 radical (unpaired) electrons. The molecule has 7 nitrogen and oxygen atoms in total. The van der Waals surface area contributed by atoms with Crippen molar-refractivity contribution >= 4 is 38.9 Å². The van der Waals surface area contributed by atoms with Crippen LogP contribution in [0.15, 0.2) is 48.5 Å². The topological polar surface area (TPSA) is 79.0 Å². The summed E-state index contributed by atoms with van der Waals surface area (Å²) >= 11 is 6.05. The zero-order valence-corrected chi connectivity index (χ0v) is 18.5. The highest BCUT2D eigenvalue weighted by atomic mass is 35.5. The van der Waals surface area contributed by atoms with Crippen LogP contribution in [-0.2, 0) is 14.8 Å². The molecule has 29 heavy (non-hydrogen) atoms. The van der Waals surface area contributed by atoms with Crippen LogP contribution in [0.25, 0.3) is 0 Å². The van der Waals surface area contributed by atoms with E-state index < -0.39 is 22.0 Å². The summed E-state index contributed by atoms with van der Waals surface area (Å²) in [5.41, 5.74) is 1.24. The van der Waals surface area contributed by atoms with Crippen molar-refractivity contribution in [2.45, 2.75) is 13.0 Å². The maximum absolute atomic E-state index is 12.7. The van der Waals surface area contributed by atoms with Crippen LogP contribution in [0.1, 0.15) is 6.92 Å². The predicted octanol–water partition coefficient (Wildman–Crippen LogP) is 2.76. The van der Waals surface area contributed by atoms with E-state index in [2.05, 4.69) is 5.32 Å². The number of anilines is 2.